The van der Waals surface area contributed by atoms with E-state index in [4.69, 9.17) is 0 Å². The Morgan fingerprint density at radius 1 is 1.30 bits per heavy atom. The van der Waals surface area contributed by atoms with Gasteiger partial charge >= 0.3 is 0 Å². The third-order valence-corrected chi connectivity index (χ3v) is 4.68. The van der Waals surface area contributed by atoms with Crippen LogP contribution in [0.1, 0.15) is 5.56 Å². The van der Waals surface area contributed by atoms with Crippen LogP contribution in [-0.4, -0.2) is 65.4 Å². The monoisotopic (exact) mass is 331 g/mol. The quantitative estimate of drug-likeness (QED) is 0.827. The molecule has 6 nitrogen and oxygen atoms in total. The SMILES string of the molecule is CN(CC(=O)N1CCN(c2cnccn2)CC1)Cc1ccsc1. The number of likely N-dealkylation sites (N-methyl/N-ethyl adjacent to an activating group) is 1. The van der Waals surface area contributed by atoms with Gasteiger partial charge in [0.05, 0.1) is 12.7 Å². The van der Waals surface area contributed by atoms with Crippen LogP contribution in [0.25, 0.3) is 0 Å². The van der Waals surface area contributed by atoms with Crippen molar-refractivity contribution in [3.05, 3.63) is 41.0 Å². The van der Waals surface area contributed by atoms with E-state index >= 15 is 0 Å². The van der Waals surface area contributed by atoms with Crippen molar-refractivity contribution in [2.24, 2.45) is 0 Å². The molecule has 0 bridgehead atoms. The predicted octanol–water partition coefficient (Wildman–Crippen LogP) is 1.32. The summed E-state index contributed by atoms with van der Waals surface area (Å²) in [4.78, 5) is 27.0. The lowest BCUT2D eigenvalue weighted by Crippen LogP contribution is -2.51. The van der Waals surface area contributed by atoms with Crippen LogP contribution in [0.5, 0.6) is 0 Å². The van der Waals surface area contributed by atoms with E-state index in [0.29, 0.717) is 6.54 Å². The first-order valence-electron chi connectivity index (χ1n) is 7.71. The molecule has 122 valence electrons. The van der Waals surface area contributed by atoms with Crippen LogP contribution in [0.15, 0.2) is 35.4 Å². The molecular formula is C16H21N5OS. The number of amides is 1. The van der Waals surface area contributed by atoms with Crippen molar-refractivity contribution >= 4 is 23.1 Å². The molecule has 0 aliphatic carbocycles. The highest BCUT2D eigenvalue weighted by Gasteiger charge is 2.22. The summed E-state index contributed by atoms with van der Waals surface area (Å²) in [5.41, 5.74) is 1.26. The van der Waals surface area contributed by atoms with Gasteiger partial charge in [-0.15, -0.1) is 0 Å². The summed E-state index contributed by atoms with van der Waals surface area (Å²) >= 11 is 1.69. The highest BCUT2D eigenvalue weighted by molar-refractivity contribution is 7.07. The molecule has 0 aromatic carbocycles. The van der Waals surface area contributed by atoms with E-state index < -0.39 is 0 Å². The number of hydrogen-bond acceptors (Lipinski definition) is 6. The largest absolute Gasteiger partial charge is 0.352 e. The molecule has 0 spiro atoms. The lowest BCUT2D eigenvalue weighted by molar-refractivity contribution is -0.132. The number of nitrogens with zero attached hydrogens (tertiary/aromatic N) is 5. The van der Waals surface area contributed by atoms with Gasteiger partial charge in [-0.3, -0.25) is 14.7 Å². The molecule has 2 aromatic rings. The second-order valence-electron chi connectivity index (χ2n) is 5.74. The lowest BCUT2D eigenvalue weighted by Gasteiger charge is -2.35. The maximum absolute atomic E-state index is 12.4. The normalized spacial score (nSPS) is 15.2. The molecular weight excluding hydrogens is 310 g/mol. The first-order valence-corrected chi connectivity index (χ1v) is 8.65. The van der Waals surface area contributed by atoms with Gasteiger partial charge in [0.25, 0.3) is 0 Å². The van der Waals surface area contributed by atoms with Crippen molar-refractivity contribution in [1.82, 2.24) is 19.8 Å². The molecule has 3 rings (SSSR count). The molecule has 1 fully saturated rings. The van der Waals surface area contributed by atoms with Gasteiger partial charge < -0.3 is 9.80 Å². The highest BCUT2D eigenvalue weighted by Crippen LogP contribution is 2.12. The van der Waals surface area contributed by atoms with Crippen molar-refractivity contribution in [3.8, 4) is 0 Å². The lowest BCUT2D eigenvalue weighted by atomic mass is 10.3. The zero-order chi connectivity index (χ0) is 16.1. The molecule has 1 saturated heterocycles. The minimum absolute atomic E-state index is 0.196. The second-order valence-corrected chi connectivity index (χ2v) is 6.52. The fourth-order valence-electron chi connectivity index (χ4n) is 2.72. The maximum atomic E-state index is 12.4. The van der Waals surface area contributed by atoms with E-state index in [1.807, 2.05) is 11.9 Å². The second kappa shape index (κ2) is 7.52. The number of rotatable bonds is 5. The van der Waals surface area contributed by atoms with E-state index in [0.717, 1.165) is 38.5 Å². The van der Waals surface area contributed by atoms with E-state index in [1.165, 1.54) is 5.56 Å². The summed E-state index contributed by atoms with van der Waals surface area (Å²) in [5.74, 6) is 1.08. The molecule has 0 unspecified atom stereocenters. The molecule has 3 heterocycles. The molecule has 2 aromatic heterocycles. The number of hydrogen-bond donors (Lipinski definition) is 0. The first-order chi connectivity index (χ1) is 11.2. The molecule has 1 amide bonds. The predicted molar refractivity (Wildman–Crippen MR) is 91.5 cm³/mol. The fourth-order valence-corrected chi connectivity index (χ4v) is 3.38. The number of anilines is 1. The standard InChI is InChI=1S/C16H21N5OS/c1-19(11-14-2-9-23-13-14)12-16(22)21-7-5-20(6-8-21)15-10-17-3-4-18-15/h2-4,9-10,13H,5-8,11-12H2,1H3. The van der Waals surface area contributed by atoms with Crippen LogP contribution in [-0.2, 0) is 11.3 Å². The van der Waals surface area contributed by atoms with Crippen molar-refractivity contribution in [2.75, 3.05) is 44.7 Å². The van der Waals surface area contributed by atoms with E-state index in [2.05, 4.69) is 36.6 Å². The highest BCUT2D eigenvalue weighted by atomic mass is 32.1. The number of carbonyl (C=O) groups is 1. The zero-order valence-electron chi connectivity index (χ0n) is 13.3. The molecule has 0 radical (unpaired) electrons. The summed E-state index contributed by atoms with van der Waals surface area (Å²) in [6, 6.07) is 2.10. The molecule has 23 heavy (non-hydrogen) atoms. The summed E-state index contributed by atoms with van der Waals surface area (Å²) in [6.45, 7) is 4.36. The van der Waals surface area contributed by atoms with Crippen molar-refractivity contribution in [3.63, 3.8) is 0 Å². The maximum Gasteiger partial charge on any atom is 0.236 e. The van der Waals surface area contributed by atoms with Crippen LogP contribution >= 0.6 is 11.3 Å². The van der Waals surface area contributed by atoms with Crippen LogP contribution in [0.4, 0.5) is 5.82 Å². The number of aromatic nitrogens is 2. The van der Waals surface area contributed by atoms with Crippen molar-refractivity contribution < 1.29 is 4.79 Å². The van der Waals surface area contributed by atoms with Gasteiger partial charge in [0.15, 0.2) is 0 Å². The number of piperazine rings is 1. The van der Waals surface area contributed by atoms with Crippen LogP contribution in [0.3, 0.4) is 0 Å². The summed E-state index contributed by atoms with van der Waals surface area (Å²) in [6.07, 6.45) is 5.14. The summed E-state index contributed by atoms with van der Waals surface area (Å²) in [7, 11) is 1.99. The van der Waals surface area contributed by atoms with Gasteiger partial charge in [-0.1, -0.05) is 0 Å². The Hall–Kier alpha value is -1.99. The van der Waals surface area contributed by atoms with Gasteiger partial charge in [-0.25, -0.2) is 4.98 Å². The Labute approximate surface area is 140 Å². The van der Waals surface area contributed by atoms with Crippen molar-refractivity contribution in [1.29, 1.82) is 0 Å². The fraction of sp³-hybridized carbons (Fsp3) is 0.438. The smallest absolute Gasteiger partial charge is 0.236 e. The van der Waals surface area contributed by atoms with E-state index in [9.17, 15) is 4.79 Å². The van der Waals surface area contributed by atoms with Crippen LogP contribution in [0, 0.1) is 0 Å². The molecule has 1 aliphatic heterocycles. The van der Waals surface area contributed by atoms with Gasteiger partial charge in [0, 0.05) is 45.1 Å². The van der Waals surface area contributed by atoms with Gasteiger partial charge in [-0.2, -0.15) is 11.3 Å². The Morgan fingerprint density at radius 2 is 2.13 bits per heavy atom. The zero-order valence-corrected chi connectivity index (χ0v) is 14.1. The Bertz CT molecular complexity index is 611. The molecule has 7 heteroatoms. The molecule has 0 saturated carbocycles. The van der Waals surface area contributed by atoms with Gasteiger partial charge in [0.1, 0.15) is 5.82 Å². The first kappa shape index (κ1) is 15.9. The van der Waals surface area contributed by atoms with E-state index in [-0.39, 0.29) is 5.91 Å². The number of thiophene rings is 1. The van der Waals surface area contributed by atoms with Crippen LogP contribution < -0.4 is 4.90 Å². The molecule has 0 atom stereocenters. The average molecular weight is 331 g/mol. The van der Waals surface area contributed by atoms with Crippen molar-refractivity contribution in [2.45, 2.75) is 6.54 Å². The number of carbonyl (C=O) groups excluding carboxylic acids is 1. The van der Waals surface area contributed by atoms with Crippen LogP contribution in [0.2, 0.25) is 0 Å². The summed E-state index contributed by atoms with van der Waals surface area (Å²) in [5, 5.41) is 4.19. The minimum Gasteiger partial charge on any atom is -0.352 e. The Kier molecular flexibility index (Phi) is 5.19. The summed E-state index contributed by atoms with van der Waals surface area (Å²) < 4.78 is 0. The Morgan fingerprint density at radius 3 is 2.78 bits per heavy atom. The third-order valence-electron chi connectivity index (χ3n) is 3.94. The topological polar surface area (TPSA) is 52.6 Å². The minimum atomic E-state index is 0.196. The van der Waals surface area contributed by atoms with Gasteiger partial charge in [-0.05, 0) is 29.4 Å². The average Bonchev–Trinajstić information content (AvgIpc) is 3.08. The molecule has 1 aliphatic rings. The third kappa shape index (κ3) is 4.27. The van der Waals surface area contributed by atoms with E-state index in [1.54, 1.807) is 29.9 Å². The molecule has 0 N–H and O–H groups in total. The Balaban J connectivity index is 1.46. The van der Waals surface area contributed by atoms with Gasteiger partial charge in [0.2, 0.25) is 5.91 Å².